The molecule has 3 N–H and O–H groups in total. The predicted octanol–water partition coefficient (Wildman–Crippen LogP) is 3.80. The van der Waals surface area contributed by atoms with E-state index in [2.05, 4.69) is 22.1 Å². The number of benzene rings is 1. The first-order valence-corrected chi connectivity index (χ1v) is 11.1. The Morgan fingerprint density at radius 1 is 1.23 bits per heavy atom. The van der Waals surface area contributed by atoms with Gasteiger partial charge in [0.15, 0.2) is 11.3 Å². The van der Waals surface area contributed by atoms with Crippen molar-refractivity contribution in [2.45, 2.75) is 18.6 Å². The SMILES string of the molecule is Cc1ccc(-n2c(=O)[nH]c3c(C(N)=O)nc(C4CC=C(c5cccs5)S4)nc32)cc1. The fraction of sp³-hybridized carbons (Fsp3) is 0.143. The average molecular weight is 436 g/mol. The highest BCUT2D eigenvalue weighted by atomic mass is 32.2. The van der Waals surface area contributed by atoms with Crippen molar-refractivity contribution >= 4 is 45.1 Å². The number of imidazole rings is 1. The zero-order valence-corrected chi connectivity index (χ0v) is 17.6. The van der Waals surface area contributed by atoms with Gasteiger partial charge >= 0.3 is 5.69 Å². The number of allylic oxidation sites excluding steroid dienone is 1. The monoisotopic (exact) mass is 435 g/mol. The molecular formula is C21H17N5O2S2. The van der Waals surface area contributed by atoms with Crippen molar-refractivity contribution in [2.24, 2.45) is 5.73 Å². The fourth-order valence-corrected chi connectivity index (χ4v) is 5.49. The lowest BCUT2D eigenvalue weighted by molar-refractivity contribution is 0.0996. The van der Waals surface area contributed by atoms with Gasteiger partial charge in [0.25, 0.3) is 5.91 Å². The molecule has 150 valence electrons. The van der Waals surface area contributed by atoms with Crippen molar-refractivity contribution in [1.82, 2.24) is 19.5 Å². The zero-order chi connectivity index (χ0) is 20.8. The summed E-state index contributed by atoms with van der Waals surface area (Å²) in [6, 6.07) is 11.6. The summed E-state index contributed by atoms with van der Waals surface area (Å²) in [5.74, 6) is -0.209. The third kappa shape index (κ3) is 3.16. The molecule has 0 radical (unpaired) electrons. The molecule has 4 aromatic rings. The average Bonchev–Trinajstić information content (AvgIpc) is 3.47. The van der Waals surface area contributed by atoms with Gasteiger partial charge in [0.1, 0.15) is 11.3 Å². The molecule has 1 atom stereocenters. The van der Waals surface area contributed by atoms with Crippen LogP contribution in [0, 0.1) is 6.92 Å². The number of carbonyl (C=O) groups is 1. The number of rotatable bonds is 4. The number of nitrogens with zero attached hydrogens (tertiary/aromatic N) is 3. The summed E-state index contributed by atoms with van der Waals surface area (Å²) in [6.45, 7) is 1.97. The Morgan fingerprint density at radius 3 is 2.73 bits per heavy atom. The molecule has 3 aromatic heterocycles. The molecule has 30 heavy (non-hydrogen) atoms. The Kier molecular flexibility index (Phi) is 4.56. The van der Waals surface area contributed by atoms with Crippen LogP contribution in [0.3, 0.4) is 0 Å². The van der Waals surface area contributed by atoms with Crippen LogP contribution >= 0.6 is 23.1 Å². The summed E-state index contributed by atoms with van der Waals surface area (Å²) in [6.07, 6.45) is 2.89. The Morgan fingerprint density at radius 2 is 2.03 bits per heavy atom. The number of fused-ring (bicyclic) bond motifs is 1. The van der Waals surface area contributed by atoms with Crippen LogP contribution in [0.1, 0.15) is 38.4 Å². The molecule has 4 heterocycles. The number of hydrogen-bond acceptors (Lipinski definition) is 6. The van der Waals surface area contributed by atoms with Crippen LogP contribution in [-0.2, 0) is 0 Å². The lowest BCUT2D eigenvalue weighted by Crippen LogP contribution is -2.17. The fourth-order valence-electron chi connectivity index (χ4n) is 3.46. The molecule has 1 aliphatic heterocycles. The van der Waals surface area contributed by atoms with Crippen LogP contribution in [-0.4, -0.2) is 25.4 Å². The van der Waals surface area contributed by atoms with Crippen molar-refractivity contribution in [2.75, 3.05) is 0 Å². The quantitative estimate of drug-likeness (QED) is 0.507. The lowest BCUT2D eigenvalue weighted by Gasteiger charge is -2.11. The predicted molar refractivity (Wildman–Crippen MR) is 120 cm³/mol. The molecule has 0 bridgehead atoms. The molecule has 1 aromatic carbocycles. The second-order valence-corrected chi connectivity index (χ2v) is 9.17. The molecule has 1 aliphatic rings. The van der Waals surface area contributed by atoms with E-state index in [0.29, 0.717) is 17.2 Å². The first-order valence-electron chi connectivity index (χ1n) is 9.31. The number of H-pyrrole nitrogens is 1. The van der Waals surface area contributed by atoms with Gasteiger partial charge in [-0.25, -0.2) is 19.3 Å². The Labute approximate surface area is 179 Å². The van der Waals surface area contributed by atoms with Crippen LogP contribution in [0.2, 0.25) is 0 Å². The Bertz CT molecular complexity index is 1350. The molecule has 5 rings (SSSR count). The van der Waals surface area contributed by atoms with Crippen LogP contribution in [0.15, 0.2) is 52.6 Å². The molecular weight excluding hydrogens is 418 g/mol. The summed E-state index contributed by atoms with van der Waals surface area (Å²) in [7, 11) is 0. The van der Waals surface area contributed by atoms with Crippen molar-refractivity contribution in [3.05, 3.63) is 80.3 Å². The number of thioether (sulfide) groups is 1. The van der Waals surface area contributed by atoms with Crippen LogP contribution in [0.25, 0.3) is 21.8 Å². The zero-order valence-electron chi connectivity index (χ0n) is 16.0. The number of nitrogens with two attached hydrogens (primary N) is 1. The van der Waals surface area contributed by atoms with Crippen molar-refractivity contribution < 1.29 is 4.79 Å². The summed E-state index contributed by atoms with van der Waals surface area (Å²) >= 11 is 3.34. The van der Waals surface area contributed by atoms with Gasteiger partial charge < -0.3 is 10.7 Å². The van der Waals surface area contributed by atoms with Crippen LogP contribution < -0.4 is 11.4 Å². The second kappa shape index (κ2) is 7.26. The Hall–Kier alpha value is -3.17. The molecule has 0 fully saturated rings. The highest BCUT2D eigenvalue weighted by Crippen LogP contribution is 2.48. The standard InChI is InChI=1S/C21H17N5O2S2/c1-11-4-6-12(7-5-11)26-20-17(24-21(26)28)16(18(22)27)23-19(25-20)15-9-8-14(30-15)13-3-2-10-29-13/h2-8,10,15H,9H2,1H3,(H2,22,27)(H,24,28). The maximum atomic E-state index is 12.7. The first-order chi connectivity index (χ1) is 14.5. The molecule has 0 aliphatic carbocycles. The summed E-state index contributed by atoms with van der Waals surface area (Å²) < 4.78 is 1.46. The number of aromatic amines is 1. The van der Waals surface area contributed by atoms with E-state index < -0.39 is 5.91 Å². The van der Waals surface area contributed by atoms with Crippen LogP contribution in [0.5, 0.6) is 0 Å². The number of nitrogens with one attached hydrogen (secondary N) is 1. The highest BCUT2D eigenvalue weighted by molar-refractivity contribution is 8.09. The van der Waals surface area contributed by atoms with E-state index in [1.54, 1.807) is 23.1 Å². The Balaban J connectivity index is 1.64. The van der Waals surface area contributed by atoms with Crippen molar-refractivity contribution in [3.8, 4) is 5.69 Å². The van der Waals surface area contributed by atoms with Gasteiger partial charge in [-0.1, -0.05) is 29.8 Å². The minimum absolute atomic E-state index is 0.0307. The molecule has 9 heteroatoms. The largest absolute Gasteiger partial charge is 0.364 e. The highest BCUT2D eigenvalue weighted by Gasteiger charge is 2.27. The molecule has 7 nitrogen and oxygen atoms in total. The number of amides is 1. The van der Waals surface area contributed by atoms with Gasteiger partial charge in [0.05, 0.1) is 10.9 Å². The topological polar surface area (TPSA) is 107 Å². The minimum Gasteiger partial charge on any atom is -0.364 e. The smallest absolute Gasteiger partial charge is 0.332 e. The normalized spacial score (nSPS) is 16.2. The van der Waals surface area contributed by atoms with E-state index in [-0.39, 0.29) is 22.2 Å². The minimum atomic E-state index is -0.699. The maximum absolute atomic E-state index is 12.7. The van der Waals surface area contributed by atoms with Gasteiger partial charge in [0, 0.05) is 9.78 Å². The van der Waals surface area contributed by atoms with Gasteiger partial charge in [0.2, 0.25) is 0 Å². The number of aromatic nitrogens is 4. The molecule has 0 saturated heterocycles. The van der Waals surface area contributed by atoms with Gasteiger partial charge in [-0.3, -0.25) is 4.79 Å². The van der Waals surface area contributed by atoms with E-state index in [1.165, 1.54) is 14.3 Å². The van der Waals surface area contributed by atoms with E-state index in [9.17, 15) is 9.59 Å². The number of hydrogen-bond donors (Lipinski definition) is 2. The number of carbonyl (C=O) groups excluding carboxylic acids is 1. The summed E-state index contributed by atoms with van der Waals surface area (Å²) in [4.78, 5) is 39.0. The van der Waals surface area contributed by atoms with Gasteiger partial charge in [-0.15, -0.1) is 23.1 Å². The molecule has 0 spiro atoms. The molecule has 1 amide bonds. The van der Waals surface area contributed by atoms with E-state index in [1.807, 2.05) is 42.6 Å². The van der Waals surface area contributed by atoms with Gasteiger partial charge in [-0.05, 0) is 36.9 Å². The number of primary amides is 1. The van der Waals surface area contributed by atoms with Gasteiger partial charge in [-0.2, -0.15) is 0 Å². The van der Waals surface area contributed by atoms with E-state index >= 15 is 0 Å². The van der Waals surface area contributed by atoms with E-state index in [0.717, 1.165) is 12.0 Å². The summed E-state index contributed by atoms with van der Waals surface area (Å²) in [5.41, 5.74) is 7.58. The molecule has 0 saturated carbocycles. The number of aryl methyl sites for hydroxylation is 1. The molecule has 1 unspecified atom stereocenters. The third-order valence-electron chi connectivity index (χ3n) is 4.92. The van der Waals surface area contributed by atoms with Crippen molar-refractivity contribution in [3.63, 3.8) is 0 Å². The third-order valence-corrected chi connectivity index (χ3v) is 7.28. The van der Waals surface area contributed by atoms with E-state index in [4.69, 9.17) is 10.7 Å². The van der Waals surface area contributed by atoms with Crippen molar-refractivity contribution in [1.29, 1.82) is 0 Å². The summed E-state index contributed by atoms with van der Waals surface area (Å²) in [5, 5.41) is 1.99. The second-order valence-electron chi connectivity index (χ2n) is 6.98. The first kappa shape index (κ1) is 18.8. The number of thiophene rings is 1. The lowest BCUT2D eigenvalue weighted by atomic mass is 10.2. The van der Waals surface area contributed by atoms with Crippen LogP contribution in [0.4, 0.5) is 0 Å². The maximum Gasteiger partial charge on any atom is 0.332 e.